The molecule has 0 aliphatic carbocycles. The molecule has 0 radical (unpaired) electrons. The molecule has 0 bridgehead atoms. The van der Waals surface area contributed by atoms with Crippen LogP contribution in [-0.2, 0) is 5.75 Å². The average molecular weight is 286 g/mol. The summed E-state index contributed by atoms with van der Waals surface area (Å²) in [6, 6.07) is 8.49. The van der Waals surface area contributed by atoms with Crippen molar-refractivity contribution in [2.24, 2.45) is 5.92 Å². The van der Waals surface area contributed by atoms with Crippen LogP contribution < -0.4 is 5.32 Å². The normalized spacial score (nSPS) is 20.7. The van der Waals surface area contributed by atoms with E-state index in [-0.39, 0.29) is 0 Å². The van der Waals surface area contributed by atoms with E-state index in [4.69, 9.17) is 0 Å². The van der Waals surface area contributed by atoms with Gasteiger partial charge >= 0.3 is 0 Å². The van der Waals surface area contributed by atoms with Gasteiger partial charge in [0, 0.05) is 10.2 Å². The molecule has 1 aromatic rings. The molecule has 82 valence electrons. The molecule has 0 spiro atoms. The minimum absolute atomic E-state index is 0.887. The van der Waals surface area contributed by atoms with Crippen LogP contribution in [0.4, 0.5) is 0 Å². The Morgan fingerprint density at radius 1 is 1.40 bits per heavy atom. The minimum atomic E-state index is 0.887. The number of nitrogens with one attached hydrogen (secondary N) is 1. The number of hydrogen-bond donors (Lipinski definition) is 1. The second-order valence-corrected chi connectivity index (χ2v) is 5.85. The molecule has 15 heavy (non-hydrogen) atoms. The number of rotatable bonds is 4. The first-order valence-corrected chi connectivity index (χ1v) is 7.33. The van der Waals surface area contributed by atoms with Crippen molar-refractivity contribution in [3.05, 3.63) is 34.3 Å². The lowest BCUT2D eigenvalue weighted by Gasteiger charge is -2.08. The highest BCUT2D eigenvalue weighted by atomic mass is 79.9. The number of benzene rings is 1. The lowest BCUT2D eigenvalue weighted by molar-refractivity contribution is 0.662. The first kappa shape index (κ1) is 11.5. The van der Waals surface area contributed by atoms with Gasteiger partial charge in [0.15, 0.2) is 0 Å². The van der Waals surface area contributed by atoms with Crippen molar-refractivity contribution < 1.29 is 0 Å². The van der Waals surface area contributed by atoms with E-state index in [2.05, 4.69) is 45.5 Å². The van der Waals surface area contributed by atoms with E-state index in [0.717, 1.165) is 11.7 Å². The van der Waals surface area contributed by atoms with Crippen molar-refractivity contribution in [2.45, 2.75) is 12.2 Å². The fourth-order valence-electron chi connectivity index (χ4n) is 1.81. The smallest absolute Gasteiger partial charge is 0.0215 e. The third kappa shape index (κ3) is 3.51. The Labute approximate surface area is 104 Å². The van der Waals surface area contributed by atoms with E-state index in [1.54, 1.807) is 0 Å². The van der Waals surface area contributed by atoms with E-state index in [1.807, 2.05) is 11.8 Å². The molecule has 3 heteroatoms. The predicted octanol–water partition coefficient (Wildman–Crippen LogP) is 3.29. The maximum Gasteiger partial charge on any atom is 0.0215 e. The second-order valence-electron chi connectivity index (χ2n) is 3.97. The van der Waals surface area contributed by atoms with Gasteiger partial charge in [-0.05, 0) is 42.8 Å². The Morgan fingerprint density at radius 2 is 2.27 bits per heavy atom. The SMILES string of the molecule is Brc1ccccc1CSCC1CCNC1. The summed E-state index contributed by atoms with van der Waals surface area (Å²) < 4.78 is 1.24. The topological polar surface area (TPSA) is 12.0 Å². The summed E-state index contributed by atoms with van der Waals surface area (Å²) >= 11 is 5.63. The first-order chi connectivity index (χ1) is 7.36. The first-order valence-electron chi connectivity index (χ1n) is 5.38. The van der Waals surface area contributed by atoms with E-state index >= 15 is 0 Å². The molecule has 1 aliphatic rings. The van der Waals surface area contributed by atoms with Crippen LogP contribution in [0.3, 0.4) is 0 Å². The highest BCUT2D eigenvalue weighted by molar-refractivity contribution is 9.10. The molecule has 1 atom stereocenters. The fraction of sp³-hybridized carbons (Fsp3) is 0.500. The maximum absolute atomic E-state index is 3.58. The van der Waals surface area contributed by atoms with Gasteiger partial charge < -0.3 is 5.32 Å². The highest BCUT2D eigenvalue weighted by Gasteiger charge is 2.13. The summed E-state index contributed by atoms with van der Waals surface area (Å²) in [7, 11) is 0. The van der Waals surface area contributed by atoms with Gasteiger partial charge in [-0.25, -0.2) is 0 Å². The van der Waals surface area contributed by atoms with Crippen LogP contribution in [0.2, 0.25) is 0 Å². The van der Waals surface area contributed by atoms with Crippen molar-refractivity contribution in [1.82, 2.24) is 5.32 Å². The minimum Gasteiger partial charge on any atom is -0.316 e. The van der Waals surface area contributed by atoms with Crippen molar-refractivity contribution in [3.63, 3.8) is 0 Å². The Morgan fingerprint density at radius 3 is 3.00 bits per heavy atom. The molecule has 0 aromatic heterocycles. The highest BCUT2D eigenvalue weighted by Crippen LogP contribution is 2.23. The Kier molecular flexibility index (Phi) is 4.54. The van der Waals surface area contributed by atoms with Gasteiger partial charge in [0.05, 0.1) is 0 Å². The fourth-order valence-corrected chi connectivity index (χ4v) is 3.63. The second kappa shape index (κ2) is 5.92. The van der Waals surface area contributed by atoms with Crippen LogP contribution in [-0.4, -0.2) is 18.8 Å². The summed E-state index contributed by atoms with van der Waals surface area (Å²) in [5, 5.41) is 3.41. The molecule has 2 rings (SSSR count). The molecule has 1 N–H and O–H groups in total. The third-order valence-corrected chi connectivity index (χ3v) is 4.73. The molecule has 1 heterocycles. The molecule has 0 amide bonds. The van der Waals surface area contributed by atoms with Gasteiger partial charge in [-0.3, -0.25) is 0 Å². The van der Waals surface area contributed by atoms with Gasteiger partial charge in [0.2, 0.25) is 0 Å². The van der Waals surface area contributed by atoms with Crippen molar-refractivity contribution in [2.75, 3.05) is 18.8 Å². The van der Waals surface area contributed by atoms with Crippen LogP contribution in [0, 0.1) is 5.92 Å². The summed E-state index contributed by atoms with van der Waals surface area (Å²) in [5.74, 6) is 3.30. The summed E-state index contributed by atoms with van der Waals surface area (Å²) in [4.78, 5) is 0. The maximum atomic E-state index is 3.58. The van der Waals surface area contributed by atoms with Gasteiger partial charge in [-0.1, -0.05) is 34.1 Å². The van der Waals surface area contributed by atoms with E-state index in [0.29, 0.717) is 0 Å². The molecule has 0 saturated carbocycles. The molecular formula is C12H16BrNS. The van der Waals surface area contributed by atoms with Gasteiger partial charge in [0.25, 0.3) is 0 Å². The Hall–Kier alpha value is 0.01000. The number of halogens is 1. The predicted molar refractivity (Wildman–Crippen MR) is 71.3 cm³/mol. The zero-order valence-corrected chi connectivity index (χ0v) is 11.1. The zero-order valence-electron chi connectivity index (χ0n) is 8.71. The van der Waals surface area contributed by atoms with Crippen LogP contribution in [0.25, 0.3) is 0 Å². The number of thioether (sulfide) groups is 1. The lowest BCUT2D eigenvalue weighted by Crippen LogP contribution is -2.10. The van der Waals surface area contributed by atoms with Gasteiger partial charge in [-0.2, -0.15) is 11.8 Å². The standard InChI is InChI=1S/C12H16BrNS/c13-12-4-2-1-3-11(12)9-15-8-10-5-6-14-7-10/h1-4,10,14H,5-9H2. The van der Waals surface area contributed by atoms with Gasteiger partial charge in [0.1, 0.15) is 0 Å². The Bertz CT molecular complexity index is 310. The molecule has 1 aliphatic heterocycles. The van der Waals surface area contributed by atoms with Crippen LogP contribution in [0.15, 0.2) is 28.7 Å². The van der Waals surface area contributed by atoms with Crippen LogP contribution >= 0.6 is 27.7 Å². The molecular weight excluding hydrogens is 270 g/mol. The largest absolute Gasteiger partial charge is 0.316 e. The zero-order chi connectivity index (χ0) is 10.5. The monoisotopic (exact) mass is 285 g/mol. The molecule has 1 saturated heterocycles. The van der Waals surface area contributed by atoms with Crippen LogP contribution in [0.5, 0.6) is 0 Å². The summed E-state index contributed by atoms with van der Waals surface area (Å²) in [5.41, 5.74) is 1.41. The van der Waals surface area contributed by atoms with Gasteiger partial charge in [-0.15, -0.1) is 0 Å². The van der Waals surface area contributed by atoms with Crippen molar-refractivity contribution in [1.29, 1.82) is 0 Å². The summed E-state index contributed by atoms with van der Waals surface area (Å²) in [6.45, 7) is 2.42. The summed E-state index contributed by atoms with van der Waals surface area (Å²) in [6.07, 6.45) is 1.35. The van der Waals surface area contributed by atoms with Crippen molar-refractivity contribution in [3.8, 4) is 0 Å². The Balaban J connectivity index is 1.75. The number of hydrogen-bond acceptors (Lipinski definition) is 2. The molecule has 1 aromatic carbocycles. The average Bonchev–Trinajstić information content (AvgIpc) is 2.74. The quantitative estimate of drug-likeness (QED) is 0.911. The molecule has 1 nitrogen and oxygen atoms in total. The van der Waals surface area contributed by atoms with Crippen LogP contribution in [0.1, 0.15) is 12.0 Å². The third-order valence-electron chi connectivity index (χ3n) is 2.73. The molecule has 1 unspecified atom stereocenters. The molecule has 1 fully saturated rings. The lowest BCUT2D eigenvalue weighted by atomic mass is 10.2. The van der Waals surface area contributed by atoms with E-state index < -0.39 is 0 Å². The van der Waals surface area contributed by atoms with E-state index in [9.17, 15) is 0 Å². The van der Waals surface area contributed by atoms with E-state index in [1.165, 1.54) is 35.3 Å². The van der Waals surface area contributed by atoms with Crippen molar-refractivity contribution >= 4 is 27.7 Å².